The molecule has 0 fully saturated rings. The lowest BCUT2D eigenvalue weighted by atomic mass is 10.1. The highest BCUT2D eigenvalue weighted by molar-refractivity contribution is 5.38. The van der Waals surface area contributed by atoms with Gasteiger partial charge in [-0.25, -0.2) is 4.68 Å². The van der Waals surface area contributed by atoms with Gasteiger partial charge in [0.1, 0.15) is 0 Å². The van der Waals surface area contributed by atoms with Gasteiger partial charge < -0.3 is 5.32 Å². The third-order valence-corrected chi connectivity index (χ3v) is 3.86. The summed E-state index contributed by atoms with van der Waals surface area (Å²) in [6, 6.07) is 8.69. The van der Waals surface area contributed by atoms with Gasteiger partial charge in [-0.05, 0) is 56.0 Å². The molecule has 0 atom stereocenters. The molecular weight excluding hydrogens is 258 g/mol. The minimum absolute atomic E-state index is 0.687. The molecule has 114 valence electrons. The van der Waals surface area contributed by atoms with Gasteiger partial charge in [0.2, 0.25) is 0 Å². The highest BCUT2D eigenvalue weighted by atomic mass is 15.3. The van der Waals surface area contributed by atoms with Crippen molar-refractivity contribution in [3.63, 3.8) is 0 Å². The third kappa shape index (κ3) is 3.73. The number of aryl methyl sites for hydroxylation is 1. The molecule has 0 aliphatic rings. The van der Waals surface area contributed by atoms with Gasteiger partial charge in [0.05, 0.1) is 11.4 Å². The maximum absolute atomic E-state index is 4.67. The van der Waals surface area contributed by atoms with E-state index >= 15 is 0 Å². The molecular formula is C18H27N3. The van der Waals surface area contributed by atoms with E-state index in [4.69, 9.17) is 0 Å². The van der Waals surface area contributed by atoms with Crippen LogP contribution in [0.2, 0.25) is 0 Å². The molecule has 0 unspecified atom stereocenters. The quantitative estimate of drug-likeness (QED) is 0.875. The summed E-state index contributed by atoms with van der Waals surface area (Å²) < 4.78 is 2.06. The minimum Gasteiger partial charge on any atom is -0.312 e. The molecule has 0 radical (unpaired) electrons. The van der Waals surface area contributed by atoms with Gasteiger partial charge in [-0.2, -0.15) is 5.10 Å². The van der Waals surface area contributed by atoms with Crippen molar-refractivity contribution in [1.29, 1.82) is 0 Å². The van der Waals surface area contributed by atoms with Crippen molar-refractivity contribution >= 4 is 0 Å². The highest BCUT2D eigenvalue weighted by Gasteiger charge is 2.10. The van der Waals surface area contributed by atoms with Crippen molar-refractivity contribution in [3.05, 3.63) is 46.8 Å². The lowest BCUT2D eigenvalue weighted by Gasteiger charge is -2.09. The van der Waals surface area contributed by atoms with E-state index in [1.54, 1.807) is 0 Å². The summed E-state index contributed by atoms with van der Waals surface area (Å²) in [7, 11) is 0. The van der Waals surface area contributed by atoms with Crippen LogP contribution in [0.3, 0.4) is 0 Å². The van der Waals surface area contributed by atoms with Crippen LogP contribution in [0.5, 0.6) is 0 Å². The van der Waals surface area contributed by atoms with Crippen LogP contribution in [0, 0.1) is 19.8 Å². The number of rotatable bonds is 6. The Balaban J connectivity index is 2.12. The molecule has 0 saturated carbocycles. The van der Waals surface area contributed by atoms with Gasteiger partial charge in [0.15, 0.2) is 0 Å². The largest absolute Gasteiger partial charge is 0.312 e. The highest BCUT2D eigenvalue weighted by Crippen LogP contribution is 2.18. The Bertz CT molecular complexity index is 579. The molecule has 2 aromatic rings. The summed E-state index contributed by atoms with van der Waals surface area (Å²) >= 11 is 0. The summed E-state index contributed by atoms with van der Waals surface area (Å²) in [5.41, 5.74) is 6.20. The molecule has 3 nitrogen and oxygen atoms in total. The molecule has 1 aromatic heterocycles. The lowest BCUT2D eigenvalue weighted by Crippen LogP contribution is -2.18. The molecule has 0 bridgehead atoms. The number of nitrogens with zero attached hydrogens (tertiary/aromatic N) is 2. The molecule has 0 aliphatic carbocycles. The molecule has 0 aliphatic heterocycles. The van der Waals surface area contributed by atoms with Gasteiger partial charge in [-0.15, -0.1) is 0 Å². The smallest absolute Gasteiger partial charge is 0.0649 e. The van der Waals surface area contributed by atoms with Crippen LogP contribution in [0.15, 0.2) is 24.3 Å². The number of benzene rings is 1. The van der Waals surface area contributed by atoms with Crippen molar-refractivity contribution in [2.45, 2.75) is 47.6 Å². The average molecular weight is 285 g/mol. The van der Waals surface area contributed by atoms with Crippen molar-refractivity contribution in [2.24, 2.45) is 5.92 Å². The Morgan fingerprint density at radius 3 is 2.33 bits per heavy atom. The second-order valence-corrected chi connectivity index (χ2v) is 6.11. The van der Waals surface area contributed by atoms with Crippen molar-refractivity contribution in [1.82, 2.24) is 15.1 Å². The molecule has 1 aromatic carbocycles. The average Bonchev–Trinajstić information content (AvgIpc) is 2.74. The van der Waals surface area contributed by atoms with Gasteiger partial charge in [0.25, 0.3) is 0 Å². The Morgan fingerprint density at radius 1 is 1.14 bits per heavy atom. The first-order valence-electron chi connectivity index (χ1n) is 7.88. The lowest BCUT2D eigenvalue weighted by molar-refractivity contribution is 0.552. The van der Waals surface area contributed by atoms with Gasteiger partial charge in [-0.3, -0.25) is 0 Å². The van der Waals surface area contributed by atoms with Crippen LogP contribution < -0.4 is 5.32 Å². The van der Waals surface area contributed by atoms with E-state index in [0.717, 1.165) is 30.9 Å². The van der Waals surface area contributed by atoms with Crippen LogP contribution in [-0.4, -0.2) is 16.3 Å². The fraction of sp³-hybridized carbons (Fsp3) is 0.500. The van der Waals surface area contributed by atoms with Crippen molar-refractivity contribution < 1.29 is 0 Å². The zero-order chi connectivity index (χ0) is 15.4. The molecule has 2 rings (SSSR count). The second kappa shape index (κ2) is 6.90. The van der Waals surface area contributed by atoms with Gasteiger partial charge in [-0.1, -0.05) is 32.9 Å². The number of hydrogen-bond donors (Lipinski definition) is 1. The van der Waals surface area contributed by atoms with E-state index in [2.05, 4.69) is 74.0 Å². The topological polar surface area (TPSA) is 29.9 Å². The summed E-state index contributed by atoms with van der Waals surface area (Å²) in [6.07, 6.45) is 1.04. The Morgan fingerprint density at radius 2 is 1.81 bits per heavy atom. The second-order valence-electron chi connectivity index (χ2n) is 6.11. The van der Waals surface area contributed by atoms with Gasteiger partial charge >= 0.3 is 0 Å². The van der Waals surface area contributed by atoms with Crippen molar-refractivity contribution in [3.8, 4) is 5.69 Å². The maximum atomic E-state index is 4.67. The minimum atomic E-state index is 0.687. The van der Waals surface area contributed by atoms with E-state index in [9.17, 15) is 0 Å². The maximum Gasteiger partial charge on any atom is 0.0649 e. The van der Waals surface area contributed by atoms with Crippen LogP contribution in [-0.2, 0) is 13.0 Å². The van der Waals surface area contributed by atoms with Crippen LogP contribution in [0.25, 0.3) is 5.69 Å². The first-order valence-corrected chi connectivity index (χ1v) is 7.88. The predicted octanol–water partition coefficient (Wildman–Crippen LogP) is 3.80. The fourth-order valence-electron chi connectivity index (χ4n) is 2.70. The molecule has 0 saturated heterocycles. The molecule has 0 spiro atoms. The summed E-state index contributed by atoms with van der Waals surface area (Å²) in [6.45, 7) is 12.9. The number of hydrogen-bond acceptors (Lipinski definition) is 2. The Kier molecular flexibility index (Phi) is 5.18. The molecule has 3 heteroatoms. The summed E-state index contributed by atoms with van der Waals surface area (Å²) in [4.78, 5) is 0. The van der Waals surface area contributed by atoms with E-state index in [0.29, 0.717) is 5.92 Å². The Hall–Kier alpha value is -1.61. The molecule has 21 heavy (non-hydrogen) atoms. The van der Waals surface area contributed by atoms with Gasteiger partial charge in [0, 0.05) is 12.2 Å². The monoisotopic (exact) mass is 285 g/mol. The molecule has 1 heterocycles. The predicted molar refractivity (Wildman–Crippen MR) is 89.0 cm³/mol. The van der Waals surface area contributed by atoms with E-state index in [-0.39, 0.29) is 0 Å². The van der Waals surface area contributed by atoms with Crippen LogP contribution in [0.1, 0.15) is 43.3 Å². The van der Waals surface area contributed by atoms with E-state index in [1.807, 2.05) is 0 Å². The standard InChI is InChI=1S/C18H27N3/c1-6-18-14(4)20-21(15(18)5)17-9-7-16(8-10-17)12-19-11-13(2)3/h7-10,13,19H,6,11-12H2,1-5H3. The van der Waals surface area contributed by atoms with E-state index < -0.39 is 0 Å². The Labute approximate surface area is 128 Å². The van der Waals surface area contributed by atoms with Crippen molar-refractivity contribution in [2.75, 3.05) is 6.54 Å². The number of aromatic nitrogens is 2. The van der Waals surface area contributed by atoms with Crippen LogP contribution >= 0.6 is 0 Å². The van der Waals surface area contributed by atoms with E-state index in [1.165, 1.54) is 16.8 Å². The zero-order valence-corrected chi connectivity index (χ0v) is 13.9. The SMILES string of the molecule is CCc1c(C)nn(-c2ccc(CNCC(C)C)cc2)c1C. The normalized spacial score (nSPS) is 11.3. The molecule has 1 N–H and O–H groups in total. The summed E-state index contributed by atoms with van der Waals surface area (Å²) in [5.74, 6) is 0.687. The third-order valence-electron chi connectivity index (χ3n) is 3.86. The fourth-order valence-corrected chi connectivity index (χ4v) is 2.70. The number of nitrogens with one attached hydrogen (secondary N) is 1. The first kappa shape index (κ1) is 15.8. The molecule has 0 amide bonds. The summed E-state index contributed by atoms with van der Waals surface area (Å²) in [5, 5.41) is 8.14. The first-order chi connectivity index (χ1) is 10.0. The zero-order valence-electron chi connectivity index (χ0n) is 13.9. The van der Waals surface area contributed by atoms with Crippen LogP contribution in [0.4, 0.5) is 0 Å².